The van der Waals surface area contributed by atoms with Crippen LogP contribution in [0.5, 0.6) is 0 Å². The van der Waals surface area contributed by atoms with E-state index in [2.05, 4.69) is 36.1 Å². The number of para-hydroxylation sites is 1. The molecule has 82 valence electrons. The second-order valence-corrected chi connectivity index (χ2v) is 5.17. The van der Waals surface area contributed by atoms with Gasteiger partial charge in [0.15, 0.2) is 0 Å². The average Bonchev–Trinajstić information content (AvgIpc) is 2.30. The van der Waals surface area contributed by atoms with Crippen LogP contribution in [-0.2, 0) is 0 Å². The van der Waals surface area contributed by atoms with Crippen molar-refractivity contribution in [2.24, 2.45) is 5.73 Å². The van der Waals surface area contributed by atoms with E-state index >= 15 is 0 Å². The van der Waals surface area contributed by atoms with Gasteiger partial charge < -0.3 is 10.6 Å². The molecule has 1 aliphatic rings. The monoisotopic (exact) mass is 222 g/mol. The van der Waals surface area contributed by atoms with Crippen LogP contribution in [0.15, 0.2) is 24.3 Å². The Morgan fingerprint density at radius 1 is 1.27 bits per heavy atom. The first-order valence-electron chi connectivity index (χ1n) is 5.46. The van der Waals surface area contributed by atoms with Crippen LogP contribution in [0.3, 0.4) is 0 Å². The molecule has 1 saturated heterocycles. The third-order valence-corrected chi connectivity index (χ3v) is 3.72. The van der Waals surface area contributed by atoms with Crippen molar-refractivity contribution >= 4 is 17.4 Å². The van der Waals surface area contributed by atoms with E-state index < -0.39 is 0 Å². The standard InChI is InChI=1S/C12H18N2S/c1-10(13)11-4-2-3-5-12(11)14-6-8-15-9-7-14/h2-5,10H,6-9,13H2,1H3/t10-/m0/s1. The molecule has 1 atom stereocenters. The molecule has 15 heavy (non-hydrogen) atoms. The maximum Gasteiger partial charge on any atom is 0.0415 e. The third kappa shape index (κ3) is 2.47. The minimum atomic E-state index is 0.121. The van der Waals surface area contributed by atoms with Gasteiger partial charge in [-0.1, -0.05) is 18.2 Å². The van der Waals surface area contributed by atoms with Crippen molar-refractivity contribution in [1.82, 2.24) is 0 Å². The highest BCUT2D eigenvalue weighted by atomic mass is 32.2. The number of benzene rings is 1. The molecule has 2 N–H and O–H groups in total. The van der Waals surface area contributed by atoms with Gasteiger partial charge in [0.2, 0.25) is 0 Å². The molecular formula is C12H18N2S. The molecule has 0 saturated carbocycles. The van der Waals surface area contributed by atoms with Gasteiger partial charge in [-0.05, 0) is 18.6 Å². The van der Waals surface area contributed by atoms with Crippen LogP contribution in [0.4, 0.5) is 5.69 Å². The normalized spacial score (nSPS) is 18.9. The van der Waals surface area contributed by atoms with Gasteiger partial charge >= 0.3 is 0 Å². The first-order chi connectivity index (χ1) is 7.29. The molecule has 1 heterocycles. The summed E-state index contributed by atoms with van der Waals surface area (Å²) in [6.07, 6.45) is 0. The Morgan fingerprint density at radius 3 is 2.60 bits per heavy atom. The van der Waals surface area contributed by atoms with Gasteiger partial charge in [-0.3, -0.25) is 0 Å². The van der Waals surface area contributed by atoms with Crippen molar-refractivity contribution < 1.29 is 0 Å². The lowest BCUT2D eigenvalue weighted by Gasteiger charge is -2.31. The molecule has 0 amide bonds. The lowest BCUT2D eigenvalue weighted by atomic mass is 10.1. The number of rotatable bonds is 2. The quantitative estimate of drug-likeness (QED) is 0.832. The summed E-state index contributed by atoms with van der Waals surface area (Å²) in [5.41, 5.74) is 8.58. The summed E-state index contributed by atoms with van der Waals surface area (Å²) in [5, 5.41) is 0. The van der Waals surface area contributed by atoms with Gasteiger partial charge in [0, 0.05) is 36.3 Å². The van der Waals surface area contributed by atoms with Crippen molar-refractivity contribution in [3.05, 3.63) is 29.8 Å². The van der Waals surface area contributed by atoms with Gasteiger partial charge in [-0.2, -0.15) is 11.8 Å². The zero-order valence-corrected chi connectivity index (χ0v) is 9.96. The molecule has 0 spiro atoms. The summed E-state index contributed by atoms with van der Waals surface area (Å²) < 4.78 is 0. The number of hydrogen-bond acceptors (Lipinski definition) is 3. The van der Waals surface area contributed by atoms with Crippen LogP contribution in [0.2, 0.25) is 0 Å². The third-order valence-electron chi connectivity index (χ3n) is 2.78. The summed E-state index contributed by atoms with van der Waals surface area (Å²) in [5.74, 6) is 2.46. The minimum absolute atomic E-state index is 0.121. The van der Waals surface area contributed by atoms with Gasteiger partial charge in [0.1, 0.15) is 0 Å². The smallest absolute Gasteiger partial charge is 0.0415 e. The largest absolute Gasteiger partial charge is 0.370 e. The number of nitrogens with zero attached hydrogens (tertiary/aromatic N) is 1. The molecule has 0 radical (unpaired) electrons. The predicted molar refractivity (Wildman–Crippen MR) is 68.6 cm³/mol. The molecule has 0 aliphatic carbocycles. The van der Waals surface area contributed by atoms with E-state index in [0.717, 1.165) is 13.1 Å². The predicted octanol–water partition coefficient (Wildman–Crippen LogP) is 2.26. The maximum absolute atomic E-state index is 5.99. The van der Waals surface area contributed by atoms with Crippen molar-refractivity contribution in [3.8, 4) is 0 Å². The Morgan fingerprint density at radius 2 is 1.93 bits per heavy atom. The molecule has 0 bridgehead atoms. The molecular weight excluding hydrogens is 204 g/mol. The molecule has 0 unspecified atom stereocenters. The van der Waals surface area contributed by atoms with Crippen molar-refractivity contribution in [2.75, 3.05) is 29.5 Å². The van der Waals surface area contributed by atoms with Crippen LogP contribution in [0.25, 0.3) is 0 Å². The highest BCUT2D eigenvalue weighted by Gasteiger charge is 2.15. The molecule has 1 aromatic carbocycles. The molecule has 1 fully saturated rings. The van der Waals surface area contributed by atoms with Crippen molar-refractivity contribution in [1.29, 1.82) is 0 Å². The second kappa shape index (κ2) is 4.90. The second-order valence-electron chi connectivity index (χ2n) is 3.95. The summed E-state index contributed by atoms with van der Waals surface area (Å²) in [6, 6.07) is 8.62. The summed E-state index contributed by atoms with van der Waals surface area (Å²) in [4.78, 5) is 2.45. The highest BCUT2D eigenvalue weighted by Crippen LogP contribution is 2.26. The van der Waals surface area contributed by atoms with E-state index in [0.29, 0.717) is 0 Å². The molecule has 1 aliphatic heterocycles. The van der Waals surface area contributed by atoms with Crippen molar-refractivity contribution in [2.45, 2.75) is 13.0 Å². The van der Waals surface area contributed by atoms with Crippen LogP contribution in [0, 0.1) is 0 Å². The zero-order chi connectivity index (χ0) is 10.7. The fraction of sp³-hybridized carbons (Fsp3) is 0.500. The number of thioether (sulfide) groups is 1. The van der Waals surface area contributed by atoms with Gasteiger partial charge in [-0.25, -0.2) is 0 Å². The lowest BCUT2D eigenvalue weighted by molar-refractivity contribution is 0.788. The minimum Gasteiger partial charge on any atom is -0.370 e. The number of hydrogen-bond donors (Lipinski definition) is 1. The summed E-state index contributed by atoms with van der Waals surface area (Å²) >= 11 is 2.03. The van der Waals surface area contributed by atoms with Gasteiger partial charge in [0.05, 0.1) is 0 Å². The van der Waals surface area contributed by atoms with Gasteiger partial charge in [-0.15, -0.1) is 0 Å². The van der Waals surface area contributed by atoms with Crippen LogP contribution < -0.4 is 10.6 Å². The average molecular weight is 222 g/mol. The molecule has 0 aromatic heterocycles. The Bertz CT molecular complexity index is 319. The lowest BCUT2D eigenvalue weighted by Crippen LogP contribution is -2.33. The van der Waals surface area contributed by atoms with Crippen molar-refractivity contribution in [3.63, 3.8) is 0 Å². The highest BCUT2D eigenvalue weighted by molar-refractivity contribution is 7.99. The van der Waals surface area contributed by atoms with Crippen LogP contribution >= 0.6 is 11.8 Å². The Balaban J connectivity index is 2.25. The van der Waals surface area contributed by atoms with Crippen LogP contribution in [0.1, 0.15) is 18.5 Å². The van der Waals surface area contributed by atoms with E-state index in [1.165, 1.54) is 22.8 Å². The van der Waals surface area contributed by atoms with E-state index in [1.807, 2.05) is 11.8 Å². The zero-order valence-electron chi connectivity index (χ0n) is 9.15. The fourth-order valence-electron chi connectivity index (χ4n) is 1.96. The summed E-state index contributed by atoms with van der Waals surface area (Å²) in [7, 11) is 0. The maximum atomic E-state index is 5.99. The molecule has 2 rings (SSSR count). The van der Waals surface area contributed by atoms with Gasteiger partial charge in [0.25, 0.3) is 0 Å². The Hall–Kier alpha value is -0.670. The Labute approximate surface area is 95.8 Å². The molecule has 1 aromatic rings. The number of anilines is 1. The molecule has 2 nitrogen and oxygen atoms in total. The van der Waals surface area contributed by atoms with E-state index in [-0.39, 0.29) is 6.04 Å². The first-order valence-corrected chi connectivity index (χ1v) is 6.61. The number of nitrogens with two attached hydrogens (primary N) is 1. The van der Waals surface area contributed by atoms with E-state index in [4.69, 9.17) is 5.73 Å². The topological polar surface area (TPSA) is 29.3 Å². The summed E-state index contributed by atoms with van der Waals surface area (Å²) in [6.45, 7) is 4.35. The Kier molecular flexibility index (Phi) is 3.54. The van der Waals surface area contributed by atoms with E-state index in [1.54, 1.807) is 0 Å². The van der Waals surface area contributed by atoms with E-state index in [9.17, 15) is 0 Å². The molecule has 3 heteroatoms. The first kappa shape index (κ1) is 10.8. The fourth-order valence-corrected chi connectivity index (χ4v) is 2.87. The van der Waals surface area contributed by atoms with Crippen LogP contribution in [-0.4, -0.2) is 24.6 Å². The SMILES string of the molecule is C[C@H](N)c1ccccc1N1CCSCC1.